The number of ether oxygens (including phenoxy) is 1. The fourth-order valence-electron chi connectivity index (χ4n) is 4.23. The van der Waals surface area contributed by atoms with Crippen LogP contribution in [0.25, 0.3) is 0 Å². The third kappa shape index (κ3) is 3.86. The van der Waals surface area contributed by atoms with Gasteiger partial charge in [0.25, 0.3) is 0 Å². The van der Waals surface area contributed by atoms with Crippen molar-refractivity contribution in [2.75, 3.05) is 26.2 Å². The third-order valence-electron chi connectivity index (χ3n) is 5.80. The van der Waals surface area contributed by atoms with E-state index in [9.17, 15) is 4.79 Å². The smallest absolute Gasteiger partial charge is 0.227 e. The van der Waals surface area contributed by atoms with Crippen LogP contribution in [0, 0.1) is 19.8 Å². The van der Waals surface area contributed by atoms with Gasteiger partial charge in [-0.25, -0.2) is 0 Å². The van der Waals surface area contributed by atoms with Crippen molar-refractivity contribution in [2.45, 2.75) is 39.3 Å². The molecule has 0 N–H and O–H groups in total. The number of aryl methyl sites for hydroxylation is 2. The van der Waals surface area contributed by atoms with E-state index in [1.807, 2.05) is 44.2 Å². The maximum absolute atomic E-state index is 13.0. The van der Waals surface area contributed by atoms with Crippen LogP contribution in [0.3, 0.4) is 0 Å². The van der Waals surface area contributed by atoms with Crippen molar-refractivity contribution in [3.05, 3.63) is 47.3 Å². The second kappa shape index (κ2) is 7.72. The van der Waals surface area contributed by atoms with Gasteiger partial charge in [0.1, 0.15) is 18.1 Å². The fourth-order valence-corrected chi connectivity index (χ4v) is 4.23. The van der Waals surface area contributed by atoms with Gasteiger partial charge < -0.3 is 14.2 Å². The van der Waals surface area contributed by atoms with E-state index in [0.717, 1.165) is 55.2 Å². The van der Waals surface area contributed by atoms with E-state index >= 15 is 0 Å². The average Bonchev–Trinajstić information content (AvgIpc) is 2.84. The van der Waals surface area contributed by atoms with Crippen LogP contribution in [-0.4, -0.2) is 53.1 Å². The van der Waals surface area contributed by atoms with E-state index in [-0.39, 0.29) is 17.9 Å². The van der Waals surface area contributed by atoms with E-state index < -0.39 is 0 Å². The summed E-state index contributed by atoms with van der Waals surface area (Å²) in [7, 11) is 0. The van der Waals surface area contributed by atoms with Crippen molar-refractivity contribution in [1.29, 1.82) is 0 Å². The molecule has 3 aliphatic rings. The van der Waals surface area contributed by atoms with Gasteiger partial charge in [0.2, 0.25) is 5.91 Å². The van der Waals surface area contributed by atoms with Crippen LogP contribution < -0.4 is 4.74 Å². The minimum Gasteiger partial charge on any atom is -0.492 e. The van der Waals surface area contributed by atoms with Gasteiger partial charge in [-0.1, -0.05) is 23.4 Å². The van der Waals surface area contributed by atoms with E-state index in [4.69, 9.17) is 9.26 Å². The zero-order chi connectivity index (χ0) is 18.8. The van der Waals surface area contributed by atoms with Crippen molar-refractivity contribution in [3.8, 4) is 5.75 Å². The van der Waals surface area contributed by atoms with Gasteiger partial charge in [0.05, 0.1) is 18.2 Å². The van der Waals surface area contributed by atoms with Crippen LogP contribution in [0.1, 0.15) is 29.9 Å². The monoisotopic (exact) mass is 369 g/mol. The highest BCUT2D eigenvalue weighted by atomic mass is 16.5. The molecule has 5 rings (SSSR count). The Morgan fingerprint density at radius 2 is 2.00 bits per heavy atom. The number of fused-ring (bicyclic) bond motifs is 4. The molecule has 4 heterocycles. The Kier molecular flexibility index (Phi) is 5.16. The predicted molar refractivity (Wildman–Crippen MR) is 101 cm³/mol. The Morgan fingerprint density at radius 3 is 2.74 bits per heavy atom. The van der Waals surface area contributed by atoms with E-state index in [2.05, 4.69) is 15.0 Å². The fraction of sp³-hybridized carbons (Fsp3) is 0.524. The molecular weight excluding hydrogens is 342 g/mol. The van der Waals surface area contributed by atoms with Crippen LogP contribution in [0.15, 0.2) is 34.9 Å². The number of rotatable bonds is 6. The summed E-state index contributed by atoms with van der Waals surface area (Å²) >= 11 is 0. The van der Waals surface area contributed by atoms with Crippen LogP contribution in [0.4, 0.5) is 0 Å². The lowest BCUT2D eigenvalue weighted by Crippen LogP contribution is -2.47. The SMILES string of the molecule is Cc1noc(C)c1CN1C(=O)[C@@H]2CC[C@H]1CN(CCOc1ccccc1)C2. The van der Waals surface area contributed by atoms with Crippen molar-refractivity contribution < 1.29 is 14.1 Å². The van der Waals surface area contributed by atoms with Gasteiger partial charge in [0, 0.05) is 31.2 Å². The number of hydrogen-bond acceptors (Lipinski definition) is 5. The number of carbonyl (C=O) groups excluding carboxylic acids is 1. The Balaban J connectivity index is 1.39. The summed E-state index contributed by atoms with van der Waals surface area (Å²) in [5, 5.41) is 4.04. The number of para-hydroxylation sites is 1. The highest BCUT2D eigenvalue weighted by Gasteiger charge is 2.40. The Hall–Kier alpha value is -2.34. The molecule has 2 aromatic rings. The quantitative estimate of drug-likeness (QED) is 0.784. The van der Waals surface area contributed by atoms with Gasteiger partial charge in [-0.15, -0.1) is 0 Å². The molecule has 0 saturated carbocycles. The Bertz CT molecular complexity index is 770. The molecule has 3 aliphatic heterocycles. The average molecular weight is 369 g/mol. The van der Waals surface area contributed by atoms with E-state index in [1.165, 1.54) is 0 Å². The van der Waals surface area contributed by atoms with Crippen LogP contribution in [0.5, 0.6) is 5.75 Å². The molecule has 0 spiro atoms. The third-order valence-corrected chi connectivity index (χ3v) is 5.80. The molecule has 0 aliphatic carbocycles. The number of hydrogen-bond donors (Lipinski definition) is 0. The molecule has 6 nitrogen and oxygen atoms in total. The van der Waals surface area contributed by atoms with Gasteiger partial charge in [-0.2, -0.15) is 0 Å². The number of benzene rings is 1. The molecule has 2 bridgehead atoms. The first kappa shape index (κ1) is 18.0. The van der Waals surface area contributed by atoms with Crippen LogP contribution in [0.2, 0.25) is 0 Å². The van der Waals surface area contributed by atoms with Gasteiger partial charge in [-0.05, 0) is 38.8 Å². The van der Waals surface area contributed by atoms with Crippen molar-refractivity contribution in [1.82, 2.24) is 15.0 Å². The lowest BCUT2D eigenvalue weighted by atomic mass is 9.93. The van der Waals surface area contributed by atoms with Crippen LogP contribution >= 0.6 is 0 Å². The zero-order valence-corrected chi connectivity index (χ0v) is 16.1. The number of piperidine rings is 1. The molecule has 1 amide bonds. The highest BCUT2D eigenvalue weighted by Crippen LogP contribution is 2.31. The van der Waals surface area contributed by atoms with Crippen molar-refractivity contribution in [2.24, 2.45) is 5.92 Å². The second-order valence-corrected chi connectivity index (χ2v) is 7.62. The molecule has 0 radical (unpaired) electrons. The first-order valence-corrected chi connectivity index (χ1v) is 9.74. The van der Waals surface area contributed by atoms with Gasteiger partial charge >= 0.3 is 0 Å². The molecular formula is C21H27N3O3. The molecule has 2 atom stereocenters. The Labute approximate surface area is 160 Å². The van der Waals surface area contributed by atoms with Crippen molar-refractivity contribution >= 4 is 5.91 Å². The molecule has 3 fully saturated rings. The lowest BCUT2D eigenvalue weighted by Gasteiger charge is -2.36. The van der Waals surface area contributed by atoms with Crippen LogP contribution in [-0.2, 0) is 11.3 Å². The van der Waals surface area contributed by atoms with E-state index in [1.54, 1.807) is 0 Å². The first-order valence-electron chi connectivity index (χ1n) is 9.74. The summed E-state index contributed by atoms with van der Waals surface area (Å²) in [6, 6.07) is 10.1. The number of amides is 1. The number of carbonyl (C=O) groups is 1. The van der Waals surface area contributed by atoms with Gasteiger partial charge in [-0.3, -0.25) is 9.69 Å². The zero-order valence-electron chi connectivity index (χ0n) is 16.1. The molecule has 6 heteroatoms. The highest BCUT2D eigenvalue weighted by molar-refractivity contribution is 5.80. The van der Waals surface area contributed by atoms with Gasteiger partial charge in [0.15, 0.2) is 0 Å². The van der Waals surface area contributed by atoms with Crippen molar-refractivity contribution in [3.63, 3.8) is 0 Å². The topological polar surface area (TPSA) is 58.8 Å². The normalized spacial score (nSPS) is 22.9. The summed E-state index contributed by atoms with van der Waals surface area (Å²) in [5.74, 6) is 2.07. The lowest BCUT2D eigenvalue weighted by molar-refractivity contribution is -0.140. The molecule has 144 valence electrons. The summed E-state index contributed by atoms with van der Waals surface area (Å²) < 4.78 is 11.1. The largest absolute Gasteiger partial charge is 0.492 e. The maximum atomic E-state index is 13.0. The summed E-state index contributed by atoms with van der Waals surface area (Å²) in [4.78, 5) is 17.5. The van der Waals surface area contributed by atoms with E-state index in [0.29, 0.717) is 13.2 Å². The molecule has 1 aromatic heterocycles. The molecule has 27 heavy (non-hydrogen) atoms. The maximum Gasteiger partial charge on any atom is 0.227 e. The second-order valence-electron chi connectivity index (χ2n) is 7.62. The standard InChI is InChI=1S/C21H27N3O3/c1-15-20(16(2)27-22-15)14-24-18-9-8-17(21(24)25)12-23(13-18)10-11-26-19-6-4-3-5-7-19/h3-7,17-18H,8-14H2,1-2H3/t17-,18+/m1/s1. The molecule has 1 aromatic carbocycles. The minimum atomic E-state index is 0.0842. The number of nitrogens with zero attached hydrogens (tertiary/aromatic N) is 3. The molecule has 0 unspecified atom stereocenters. The first-order chi connectivity index (χ1) is 13.1. The summed E-state index contributed by atoms with van der Waals surface area (Å²) in [6.07, 6.45) is 2.05. The summed E-state index contributed by atoms with van der Waals surface area (Å²) in [6.45, 7) is 7.68. The minimum absolute atomic E-state index is 0.0842. The molecule has 3 saturated heterocycles. The Morgan fingerprint density at radius 1 is 1.19 bits per heavy atom. The summed E-state index contributed by atoms with van der Waals surface area (Å²) in [5.41, 5.74) is 1.93. The predicted octanol–water partition coefficient (Wildman–Crippen LogP) is 2.79. The number of aromatic nitrogens is 1.